The van der Waals surface area contributed by atoms with Crippen LogP contribution in [0.2, 0.25) is 0 Å². The molecule has 0 aliphatic carbocycles. The molecule has 3 heteroatoms. The van der Waals surface area contributed by atoms with Crippen molar-refractivity contribution in [3.05, 3.63) is 29.8 Å². The predicted octanol–water partition coefficient (Wildman–Crippen LogP) is 2.23. The molecule has 2 nitrogen and oxygen atoms in total. The number of benzene rings is 1. The van der Waals surface area contributed by atoms with Gasteiger partial charge in [0.05, 0.1) is 6.61 Å². The summed E-state index contributed by atoms with van der Waals surface area (Å²) in [6.45, 7) is 3.62. The van der Waals surface area contributed by atoms with Crippen molar-refractivity contribution in [1.29, 1.82) is 0 Å². The highest BCUT2D eigenvalue weighted by Crippen LogP contribution is 2.11. The summed E-state index contributed by atoms with van der Waals surface area (Å²) < 4.78 is 5.32. The van der Waals surface area contributed by atoms with E-state index in [1.54, 1.807) is 0 Å². The van der Waals surface area contributed by atoms with Gasteiger partial charge in [0.15, 0.2) is 0 Å². The zero-order valence-electron chi connectivity index (χ0n) is 8.04. The van der Waals surface area contributed by atoms with Crippen LogP contribution in [0.3, 0.4) is 0 Å². The minimum atomic E-state index is 0. The fraction of sp³-hybridized carbons (Fsp3) is 0.400. The van der Waals surface area contributed by atoms with Crippen molar-refractivity contribution >= 4 is 12.4 Å². The van der Waals surface area contributed by atoms with Gasteiger partial charge >= 0.3 is 0 Å². The monoisotopic (exact) mass is 201 g/mol. The molecule has 0 saturated heterocycles. The van der Waals surface area contributed by atoms with Gasteiger partial charge in [0, 0.05) is 6.54 Å². The van der Waals surface area contributed by atoms with Gasteiger partial charge in [0.2, 0.25) is 0 Å². The van der Waals surface area contributed by atoms with Crippen molar-refractivity contribution in [3.8, 4) is 5.75 Å². The lowest BCUT2D eigenvalue weighted by Crippen LogP contribution is -2.04. The second-order valence-corrected chi connectivity index (χ2v) is 2.61. The van der Waals surface area contributed by atoms with Gasteiger partial charge in [0.25, 0.3) is 0 Å². The molecular formula is C10H16ClNO. The molecule has 0 fully saturated rings. The molecule has 0 aromatic heterocycles. The van der Waals surface area contributed by atoms with E-state index in [1.165, 1.54) is 5.56 Å². The highest BCUT2D eigenvalue weighted by Gasteiger charge is 1.92. The van der Waals surface area contributed by atoms with Crippen LogP contribution in [0.15, 0.2) is 24.3 Å². The first-order chi connectivity index (χ1) is 5.86. The molecule has 0 aliphatic rings. The number of hydrogen-bond acceptors (Lipinski definition) is 2. The average Bonchev–Trinajstić information content (AvgIpc) is 2.09. The lowest BCUT2D eigenvalue weighted by atomic mass is 10.2. The molecular weight excluding hydrogens is 186 g/mol. The van der Waals surface area contributed by atoms with E-state index in [0.29, 0.717) is 0 Å². The van der Waals surface area contributed by atoms with Crippen LogP contribution in [-0.2, 0) is 6.54 Å². The molecule has 0 unspecified atom stereocenters. The third kappa shape index (κ3) is 4.15. The standard InChI is InChI=1S/C10H15NO.ClH/c1-3-12-10-6-4-9(5-7-10)8-11-2;/h4-7,11H,3,8H2,1-2H3;1H. The lowest BCUT2D eigenvalue weighted by molar-refractivity contribution is 0.340. The van der Waals surface area contributed by atoms with Gasteiger partial charge in [-0.05, 0) is 31.7 Å². The molecule has 0 amide bonds. The van der Waals surface area contributed by atoms with Gasteiger partial charge in [-0.3, -0.25) is 0 Å². The van der Waals surface area contributed by atoms with Crippen LogP contribution in [-0.4, -0.2) is 13.7 Å². The molecule has 1 aromatic rings. The Bertz CT molecular complexity index is 198. The minimum absolute atomic E-state index is 0. The van der Waals surface area contributed by atoms with Crippen molar-refractivity contribution in [2.45, 2.75) is 13.5 Å². The summed E-state index contributed by atoms with van der Waals surface area (Å²) in [5.41, 5.74) is 1.28. The first-order valence-electron chi connectivity index (χ1n) is 4.23. The number of hydrogen-bond donors (Lipinski definition) is 1. The molecule has 0 bridgehead atoms. The average molecular weight is 202 g/mol. The van der Waals surface area contributed by atoms with Crippen LogP contribution >= 0.6 is 12.4 Å². The summed E-state index contributed by atoms with van der Waals surface area (Å²) >= 11 is 0. The van der Waals surface area contributed by atoms with E-state index < -0.39 is 0 Å². The van der Waals surface area contributed by atoms with Gasteiger partial charge in [-0.15, -0.1) is 12.4 Å². The summed E-state index contributed by atoms with van der Waals surface area (Å²) in [5, 5.41) is 3.09. The molecule has 0 aliphatic heterocycles. The molecule has 1 N–H and O–H groups in total. The highest BCUT2D eigenvalue weighted by atomic mass is 35.5. The van der Waals surface area contributed by atoms with Crippen LogP contribution in [0.4, 0.5) is 0 Å². The molecule has 1 aromatic carbocycles. The predicted molar refractivity (Wildman–Crippen MR) is 57.6 cm³/mol. The van der Waals surface area contributed by atoms with Crippen molar-refractivity contribution in [2.75, 3.05) is 13.7 Å². The van der Waals surface area contributed by atoms with Crippen LogP contribution < -0.4 is 10.1 Å². The largest absolute Gasteiger partial charge is 0.494 e. The van der Waals surface area contributed by atoms with Crippen molar-refractivity contribution < 1.29 is 4.74 Å². The first-order valence-corrected chi connectivity index (χ1v) is 4.23. The smallest absolute Gasteiger partial charge is 0.119 e. The van der Waals surface area contributed by atoms with Gasteiger partial charge in [0.1, 0.15) is 5.75 Å². The van der Waals surface area contributed by atoms with E-state index in [-0.39, 0.29) is 12.4 Å². The van der Waals surface area contributed by atoms with Gasteiger partial charge in [-0.1, -0.05) is 12.1 Å². The Morgan fingerprint density at radius 2 is 1.85 bits per heavy atom. The van der Waals surface area contributed by atoms with E-state index >= 15 is 0 Å². The van der Waals surface area contributed by atoms with Crippen molar-refractivity contribution in [2.24, 2.45) is 0 Å². The Morgan fingerprint density at radius 3 is 2.31 bits per heavy atom. The van der Waals surface area contributed by atoms with Gasteiger partial charge < -0.3 is 10.1 Å². The molecule has 1 rings (SSSR count). The summed E-state index contributed by atoms with van der Waals surface area (Å²) in [4.78, 5) is 0. The third-order valence-corrected chi connectivity index (χ3v) is 1.62. The van der Waals surface area contributed by atoms with E-state index in [9.17, 15) is 0 Å². The van der Waals surface area contributed by atoms with E-state index in [4.69, 9.17) is 4.74 Å². The van der Waals surface area contributed by atoms with Crippen molar-refractivity contribution in [1.82, 2.24) is 5.32 Å². The molecule has 0 atom stereocenters. The zero-order chi connectivity index (χ0) is 8.81. The Balaban J connectivity index is 0.00000144. The SMILES string of the molecule is CCOc1ccc(CNC)cc1.Cl. The number of nitrogens with one attached hydrogen (secondary N) is 1. The lowest BCUT2D eigenvalue weighted by Gasteiger charge is -2.03. The van der Waals surface area contributed by atoms with E-state index in [1.807, 2.05) is 26.1 Å². The Morgan fingerprint density at radius 1 is 1.23 bits per heavy atom. The summed E-state index contributed by atoms with van der Waals surface area (Å²) in [7, 11) is 1.94. The Hall–Kier alpha value is -0.730. The van der Waals surface area contributed by atoms with Crippen LogP contribution in [0.5, 0.6) is 5.75 Å². The zero-order valence-corrected chi connectivity index (χ0v) is 8.86. The van der Waals surface area contributed by atoms with E-state index in [0.717, 1.165) is 18.9 Å². The molecule has 0 heterocycles. The first kappa shape index (κ1) is 12.3. The third-order valence-electron chi connectivity index (χ3n) is 1.62. The Labute approximate surface area is 85.7 Å². The normalized spacial score (nSPS) is 9.08. The molecule has 0 radical (unpaired) electrons. The highest BCUT2D eigenvalue weighted by molar-refractivity contribution is 5.85. The van der Waals surface area contributed by atoms with Crippen LogP contribution in [0, 0.1) is 0 Å². The number of ether oxygens (including phenoxy) is 1. The topological polar surface area (TPSA) is 21.3 Å². The van der Waals surface area contributed by atoms with Crippen LogP contribution in [0.25, 0.3) is 0 Å². The molecule has 0 spiro atoms. The quantitative estimate of drug-likeness (QED) is 0.807. The second-order valence-electron chi connectivity index (χ2n) is 2.61. The molecule has 13 heavy (non-hydrogen) atoms. The van der Waals surface area contributed by atoms with Gasteiger partial charge in [-0.2, -0.15) is 0 Å². The maximum Gasteiger partial charge on any atom is 0.119 e. The number of halogens is 1. The Kier molecular flexibility index (Phi) is 6.37. The van der Waals surface area contributed by atoms with Gasteiger partial charge in [-0.25, -0.2) is 0 Å². The summed E-state index contributed by atoms with van der Waals surface area (Å²) in [6, 6.07) is 8.13. The van der Waals surface area contributed by atoms with E-state index in [2.05, 4.69) is 17.4 Å². The second kappa shape index (κ2) is 6.75. The summed E-state index contributed by atoms with van der Waals surface area (Å²) in [6.07, 6.45) is 0. The maximum absolute atomic E-state index is 5.32. The van der Waals surface area contributed by atoms with Crippen LogP contribution in [0.1, 0.15) is 12.5 Å². The fourth-order valence-electron chi connectivity index (χ4n) is 1.07. The fourth-order valence-corrected chi connectivity index (χ4v) is 1.07. The molecule has 0 saturated carbocycles. The number of rotatable bonds is 4. The maximum atomic E-state index is 5.32. The molecule has 74 valence electrons. The summed E-state index contributed by atoms with van der Waals surface area (Å²) in [5.74, 6) is 0.942. The van der Waals surface area contributed by atoms with Crippen molar-refractivity contribution in [3.63, 3.8) is 0 Å². The minimum Gasteiger partial charge on any atom is -0.494 e.